The van der Waals surface area contributed by atoms with E-state index in [9.17, 15) is 9.59 Å². The Balaban J connectivity index is 1.51. The van der Waals surface area contributed by atoms with Crippen molar-refractivity contribution in [3.05, 3.63) is 53.3 Å². The first-order valence-electron chi connectivity index (χ1n) is 9.21. The monoisotopic (exact) mass is 352 g/mol. The fourth-order valence-electron chi connectivity index (χ4n) is 3.97. The lowest BCUT2D eigenvalue weighted by molar-refractivity contribution is 0.0764. The van der Waals surface area contributed by atoms with Crippen LogP contribution in [-0.2, 0) is 6.42 Å². The molecule has 0 bridgehead atoms. The maximum atomic E-state index is 12.9. The zero-order chi connectivity index (χ0) is 18.3. The number of rotatable bonds is 2. The number of hydrogen-bond acceptors (Lipinski definition) is 3. The van der Waals surface area contributed by atoms with Crippen LogP contribution in [0.4, 0.5) is 0 Å². The van der Waals surface area contributed by atoms with Crippen LogP contribution in [0.1, 0.15) is 59.0 Å². The Hall–Kier alpha value is -2.63. The molecule has 0 unspecified atom stereocenters. The molecule has 1 N–H and O–H groups in total. The largest absolute Gasteiger partial charge is 0.345 e. The maximum absolute atomic E-state index is 12.9. The van der Waals surface area contributed by atoms with Gasteiger partial charge in [0.1, 0.15) is 0 Å². The summed E-state index contributed by atoms with van der Waals surface area (Å²) < 4.78 is 1.79. The number of aryl methyl sites for hydroxylation is 1. The van der Waals surface area contributed by atoms with Crippen LogP contribution in [0.3, 0.4) is 0 Å². The molecular formula is C20H24N4O2. The van der Waals surface area contributed by atoms with Gasteiger partial charge >= 0.3 is 0 Å². The predicted molar refractivity (Wildman–Crippen MR) is 98.1 cm³/mol. The number of fused-ring (bicyclic) bond motifs is 1. The minimum absolute atomic E-state index is 0.00946. The zero-order valence-corrected chi connectivity index (χ0v) is 15.2. The van der Waals surface area contributed by atoms with Crippen LogP contribution >= 0.6 is 0 Å². The van der Waals surface area contributed by atoms with Gasteiger partial charge in [0.2, 0.25) is 0 Å². The van der Waals surface area contributed by atoms with Gasteiger partial charge in [-0.1, -0.05) is 18.2 Å². The summed E-state index contributed by atoms with van der Waals surface area (Å²) in [7, 11) is 0. The number of aromatic nitrogens is 2. The smallest absolute Gasteiger partial charge is 0.257 e. The number of amides is 2. The van der Waals surface area contributed by atoms with E-state index in [-0.39, 0.29) is 23.4 Å². The number of likely N-dealkylation sites (tertiary alicyclic amines) is 1. The van der Waals surface area contributed by atoms with Crippen molar-refractivity contribution in [1.29, 1.82) is 0 Å². The molecule has 3 heterocycles. The normalized spacial score (nSPS) is 22.4. The fraction of sp³-hybridized carbons (Fsp3) is 0.450. The minimum Gasteiger partial charge on any atom is -0.345 e. The van der Waals surface area contributed by atoms with Crippen LogP contribution in [0.2, 0.25) is 0 Å². The molecular weight excluding hydrogens is 328 g/mol. The topological polar surface area (TPSA) is 67.2 Å². The number of carbonyl (C=O) groups excluding carboxylic acids is 2. The highest BCUT2D eigenvalue weighted by molar-refractivity contribution is 5.97. The molecule has 1 saturated heterocycles. The van der Waals surface area contributed by atoms with E-state index in [1.54, 1.807) is 17.1 Å². The van der Waals surface area contributed by atoms with Gasteiger partial charge in [0.15, 0.2) is 0 Å². The highest BCUT2D eigenvalue weighted by Gasteiger charge is 2.42. The summed E-state index contributed by atoms with van der Waals surface area (Å²) in [6.45, 7) is 5.27. The molecule has 1 spiro atoms. The summed E-state index contributed by atoms with van der Waals surface area (Å²) in [5.41, 5.74) is 2.12. The molecule has 1 fully saturated rings. The Labute approximate surface area is 153 Å². The summed E-state index contributed by atoms with van der Waals surface area (Å²) in [5, 5.41) is 7.48. The van der Waals surface area contributed by atoms with Crippen LogP contribution < -0.4 is 5.32 Å². The van der Waals surface area contributed by atoms with Crippen molar-refractivity contribution >= 4 is 11.8 Å². The summed E-state index contributed by atoms with van der Waals surface area (Å²) in [6, 6.07) is 7.99. The van der Waals surface area contributed by atoms with Gasteiger partial charge in [0.25, 0.3) is 11.8 Å². The molecule has 2 aliphatic rings. The first kappa shape index (κ1) is 16.8. The van der Waals surface area contributed by atoms with E-state index in [2.05, 4.69) is 10.4 Å². The van der Waals surface area contributed by atoms with Crippen LogP contribution in [0.15, 0.2) is 36.7 Å². The van der Waals surface area contributed by atoms with Gasteiger partial charge in [0, 0.05) is 30.9 Å². The molecule has 2 aromatic rings. The van der Waals surface area contributed by atoms with E-state index in [1.807, 2.05) is 43.0 Å². The van der Waals surface area contributed by atoms with Gasteiger partial charge in [-0.15, -0.1) is 0 Å². The average Bonchev–Trinajstić information content (AvgIpc) is 3.25. The second-order valence-electron chi connectivity index (χ2n) is 7.67. The van der Waals surface area contributed by atoms with E-state index in [1.165, 1.54) is 0 Å². The van der Waals surface area contributed by atoms with Crippen molar-refractivity contribution in [1.82, 2.24) is 20.0 Å². The number of nitrogens with zero attached hydrogens (tertiary/aromatic N) is 3. The van der Waals surface area contributed by atoms with Crippen molar-refractivity contribution < 1.29 is 9.59 Å². The molecule has 1 atom stereocenters. The van der Waals surface area contributed by atoms with Crippen LogP contribution in [0.5, 0.6) is 0 Å². The third-order valence-electron chi connectivity index (χ3n) is 5.53. The maximum Gasteiger partial charge on any atom is 0.257 e. The first-order valence-corrected chi connectivity index (χ1v) is 9.21. The van der Waals surface area contributed by atoms with Crippen LogP contribution in [-0.4, -0.2) is 45.1 Å². The van der Waals surface area contributed by atoms with E-state index >= 15 is 0 Å². The lowest BCUT2D eigenvalue weighted by atomic mass is 9.91. The Bertz CT molecular complexity index is 857. The van der Waals surface area contributed by atoms with Gasteiger partial charge < -0.3 is 10.2 Å². The zero-order valence-electron chi connectivity index (χ0n) is 15.2. The minimum atomic E-state index is -0.334. The lowest BCUT2D eigenvalue weighted by Crippen LogP contribution is -2.50. The van der Waals surface area contributed by atoms with Gasteiger partial charge in [-0.25, -0.2) is 0 Å². The van der Waals surface area contributed by atoms with Crippen molar-refractivity contribution in [3.8, 4) is 0 Å². The molecule has 4 rings (SSSR count). The molecule has 6 nitrogen and oxygen atoms in total. The molecule has 1 aromatic carbocycles. The summed E-state index contributed by atoms with van der Waals surface area (Å²) in [5.74, 6) is -0.0372. The van der Waals surface area contributed by atoms with Crippen molar-refractivity contribution in [3.63, 3.8) is 0 Å². The molecule has 0 aliphatic carbocycles. The highest BCUT2D eigenvalue weighted by atomic mass is 16.2. The highest BCUT2D eigenvalue weighted by Crippen LogP contribution is 2.31. The Morgan fingerprint density at radius 3 is 2.85 bits per heavy atom. The molecule has 2 aliphatic heterocycles. The second kappa shape index (κ2) is 6.27. The van der Waals surface area contributed by atoms with Crippen LogP contribution in [0.25, 0.3) is 0 Å². The van der Waals surface area contributed by atoms with Gasteiger partial charge in [-0.3, -0.25) is 14.3 Å². The first-order chi connectivity index (χ1) is 12.5. The van der Waals surface area contributed by atoms with E-state index in [4.69, 9.17) is 0 Å². The van der Waals surface area contributed by atoms with E-state index in [0.717, 1.165) is 30.4 Å². The summed E-state index contributed by atoms with van der Waals surface area (Å²) in [6.07, 6.45) is 5.93. The van der Waals surface area contributed by atoms with E-state index in [0.29, 0.717) is 18.7 Å². The van der Waals surface area contributed by atoms with Crippen molar-refractivity contribution in [2.45, 2.75) is 44.7 Å². The lowest BCUT2D eigenvalue weighted by Gasteiger charge is -2.28. The van der Waals surface area contributed by atoms with Gasteiger partial charge in [0.05, 0.1) is 17.3 Å². The standard InChI is InChI=1S/C20H24N4O2/c1-14(2)24-12-16(11-21-24)19(26)23-10-9-20(13-23)8-7-15-5-3-4-6-17(15)18(25)22-20/h3-6,11-12,14H,7-10,13H2,1-2H3,(H,22,25)/t20-/m0/s1. The molecule has 26 heavy (non-hydrogen) atoms. The van der Waals surface area contributed by atoms with Crippen molar-refractivity contribution in [2.24, 2.45) is 0 Å². The SMILES string of the molecule is CC(C)n1cc(C(=O)N2CC[C@@]3(CCc4ccccc4C(=O)N3)C2)cn1. The molecule has 2 amide bonds. The molecule has 1 aromatic heterocycles. The second-order valence-corrected chi connectivity index (χ2v) is 7.67. The molecule has 0 saturated carbocycles. The molecule has 6 heteroatoms. The van der Waals surface area contributed by atoms with Gasteiger partial charge in [-0.05, 0) is 44.7 Å². The number of carbonyl (C=O) groups is 2. The Morgan fingerprint density at radius 1 is 1.27 bits per heavy atom. The molecule has 0 radical (unpaired) electrons. The molecule has 136 valence electrons. The van der Waals surface area contributed by atoms with Crippen LogP contribution in [0, 0.1) is 0 Å². The van der Waals surface area contributed by atoms with Crippen molar-refractivity contribution in [2.75, 3.05) is 13.1 Å². The fourth-order valence-corrected chi connectivity index (χ4v) is 3.97. The number of hydrogen-bond donors (Lipinski definition) is 1. The third-order valence-corrected chi connectivity index (χ3v) is 5.53. The third kappa shape index (κ3) is 2.89. The van der Waals surface area contributed by atoms with Gasteiger partial charge in [-0.2, -0.15) is 5.10 Å². The predicted octanol–water partition coefficient (Wildman–Crippen LogP) is 2.42. The summed E-state index contributed by atoms with van der Waals surface area (Å²) in [4.78, 5) is 27.4. The number of benzene rings is 1. The quantitative estimate of drug-likeness (QED) is 0.903. The summed E-state index contributed by atoms with van der Waals surface area (Å²) >= 11 is 0. The van der Waals surface area contributed by atoms with E-state index < -0.39 is 0 Å². The average molecular weight is 352 g/mol. The Morgan fingerprint density at radius 2 is 2.08 bits per heavy atom. The number of nitrogens with one attached hydrogen (secondary N) is 1. The Kier molecular flexibility index (Phi) is 4.05.